The van der Waals surface area contributed by atoms with E-state index in [1.165, 1.54) is 154 Å². The topological polar surface area (TPSA) is 78.9 Å². The molecular weight excluding hydrogens is 685 g/mol. The number of rotatable bonds is 43. The Morgan fingerprint density at radius 1 is 0.382 bits per heavy atom. The molecule has 0 fully saturated rings. The van der Waals surface area contributed by atoms with Crippen LogP contribution in [0.1, 0.15) is 266 Å². The molecule has 6 nitrogen and oxygen atoms in total. The van der Waals surface area contributed by atoms with Gasteiger partial charge in [-0.05, 0) is 31.1 Å². The van der Waals surface area contributed by atoms with Gasteiger partial charge in [-0.25, -0.2) is 0 Å². The first kappa shape index (κ1) is 53.4. The van der Waals surface area contributed by atoms with Crippen LogP contribution >= 0.6 is 0 Å². The summed E-state index contributed by atoms with van der Waals surface area (Å²) in [7, 11) is 0. The second kappa shape index (κ2) is 42.0. The normalized spacial score (nSPS) is 12.5. The van der Waals surface area contributed by atoms with Gasteiger partial charge in [0, 0.05) is 19.3 Å². The molecule has 0 rings (SSSR count). The minimum atomic E-state index is -0.761. The van der Waals surface area contributed by atoms with Crippen LogP contribution in [0.25, 0.3) is 0 Å². The van der Waals surface area contributed by atoms with Gasteiger partial charge in [-0.15, -0.1) is 0 Å². The summed E-state index contributed by atoms with van der Waals surface area (Å²) in [5, 5.41) is 0. The molecule has 0 aromatic heterocycles. The molecule has 0 aromatic carbocycles. The standard InChI is InChI=1S/C49H94O6/c1-6-8-9-10-11-12-13-14-18-24-29-34-39-47(50)53-42-46(43-54-48(51)40-35-30-25-21-20-22-27-32-37-44(3)4)55-49(52)41-36-31-26-19-16-15-17-23-28-33-38-45(5)7-2/h44-46H,6-43H2,1-5H3/t45?,46-/m1/s1. The van der Waals surface area contributed by atoms with Crippen LogP contribution in [-0.4, -0.2) is 37.2 Å². The van der Waals surface area contributed by atoms with Crippen molar-refractivity contribution < 1.29 is 28.6 Å². The number of carbonyl (C=O) groups is 3. The highest BCUT2D eigenvalue weighted by molar-refractivity contribution is 5.71. The molecule has 1 unspecified atom stereocenters. The third kappa shape index (κ3) is 41.9. The van der Waals surface area contributed by atoms with Gasteiger partial charge in [0.1, 0.15) is 13.2 Å². The zero-order valence-corrected chi connectivity index (χ0v) is 37.6. The van der Waals surface area contributed by atoms with Gasteiger partial charge in [-0.2, -0.15) is 0 Å². The lowest BCUT2D eigenvalue weighted by Crippen LogP contribution is -2.30. The van der Waals surface area contributed by atoms with Crippen molar-refractivity contribution in [3.8, 4) is 0 Å². The highest BCUT2D eigenvalue weighted by Gasteiger charge is 2.19. The summed E-state index contributed by atoms with van der Waals surface area (Å²) in [5.41, 5.74) is 0. The molecule has 0 bridgehead atoms. The molecule has 0 aliphatic heterocycles. The average Bonchev–Trinajstić information content (AvgIpc) is 3.17. The fourth-order valence-corrected chi connectivity index (χ4v) is 7.25. The minimum absolute atomic E-state index is 0.0646. The van der Waals surface area contributed by atoms with Crippen molar-refractivity contribution >= 4 is 17.9 Å². The Labute approximate surface area is 342 Å². The van der Waals surface area contributed by atoms with Gasteiger partial charge in [-0.3, -0.25) is 14.4 Å². The molecule has 0 amide bonds. The molecule has 0 radical (unpaired) electrons. The molecule has 0 spiro atoms. The van der Waals surface area contributed by atoms with Crippen molar-refractivity contribution in [1.82, 2.24) is 0 Å². The van der Waals surface area contributed by atoms with Crippen molar-refractivity contribution in [3.05, 3.63) is 0 Å². The first-order chi connectivity index (χ1) is 26.8. The maximum absolute atomic E-state index is 12.7. The van der Waals surface area contributed by atoms with Crippen LogP contribution in [0.4, 0.5) is 0 Å². The molecule has 0 aliphatic carbocycles. The van der Waals surface area contributed by atoms with Crippen LogP contribution in [-0.2, 0) is 28.6 Å². The van der Waals surface area contributed by atoms with Crippen LogP contribution in [0.2, 0.25) is 0 Å². The Balaban J connectivity index is 4.34. The number of hydrogen-bond acceptors (Lipinski definition) is 6. The summed E-state index contributed by atoms with van der Waals surface area (Å²) in [6, 6.07) is 0. The number of carbonyl (C=O) groups excluding carboxylic acids is 3. The Bertz CT molecular complexity index is 841. The smallest absolute Gasteiger partial charge is 0.306 e. The molecular formula is C49H94O6. The number of unbranched alkanes of at least 4 members (excludes halogenated alkanes) is 27. The Morgan fingerprint density at radius 3 is 1.04 bits per heavy atom. The van der Waals surface area contributed by atoms with E-state index in [0.717, 1.165) is 69.6 Å². The van der Waals surface area contributed by atoms with E-state index in [2.05, 4.69) is 34.6 Å². The number of esters is 3. The van der Waals surface area contributed by atoms with E-state index in [1.54, 1.807) is 0 Å². The Hall–Kier alpha value is -1.59. The van der Waals surface area contributed by atoms with Crippen molar-refractivity contribution in [1.29, 1.82) is 0 Å². The van der Waals surface area contributed by atoms with Crippen LogP contribution in [0, 0.1) is 11.8 Å². The maximum atomic E-state index is 12.7. The third-order valence-electron chi connectivity index (χ3n) is 11.3. The van der Waals surface area contributed by atoms with E-state index in [1.807, 2.05) is 0 Å². The van der Waals surface area contributed by atoms with Gasteiger partial charge in [0.15, 0.2) is 6.10 Å². The van der Waals surface area contributed by atoms with Crippen molar-refractivity contribution in [3.63, 3.8) is 0 Å². The molecule has 0 N–H and O–H groups in total. The minimum Gasteiger partial charge on any atom is -0.462 e. The molecule has 55 heavy (non-hydrogen) atoms. The van der Waals surface area contributed by atoms with Crippen LogP contribution in [0.3, 0.4) is 0 Å². The summed E-state index contributed by atoms with van der Waals surface area (Å²) in [4.78, 5) is 37.8. The van der Waals surface area contributed by atoms with Gasteiger partial charge in [0.05, 0.1) is 0 Å². The van der Waals surface area contributed by atoms with Gasteiger partial charge >= 0.3 is 17.9 Å². The summed E-state index contributed by atoms with van der Waals surface area (Å²) in [5.74, 6) is 0.809. The molecule has 2 atom stereocenters. The third-order valence-corrected chi connectivity index (χ3v) is 11.3. The summed E-state index contributed by atoms with van der Waals surface area (Å²) in [6.45, 7) is 11.3. The first-order valence-corrected chi connectivity index (χ1v) is 24.3. The van der Waals surface area contributed by atoms with Gasteiger partial charge in [0.2, 0.25) is 0 Å². The number of ether oxygens (including phenoxy) is 3. The van der Waals surface area contributed by atoms with Crippen molar-refractivity contribution in [2.24, 2.45) is 11.8 Å². The molecule has 0 aromatic rings. The maximum Gasteiger partial charge on any atom is 0.306 e. The van der Waals surface area contributed by atoms with Crippen molar-refractivity contribution in [2.45, 2.75) is 272 Å². The van der Waals surface area contributed by atoms with E-state index >= 15 is 0 Å². The summed E-state index contributed by atoms with van der Waals surface area (Å²) in [6.07, 6.45) is 40.8. The summed E-state index contributed by atoms with van der Waals surface area (Å²) < 4.78 is 16.8. The predicted octanol–water partition coefficient (Wildman–Crippen LogP) is 15.4. The van der Waals surface area contributed by atoms with Crippen LogP contribution in [0.15, 0.2) is 0 Å². The molecule has 6 heteroatoms. The monoisotopic (exact) mass is 779 g/mol. The Morgan fingerprint density at radius 2 is 0.691 bits per heavy atom. The average molecular weight is 779 g/mol. The first-order valence-electron chi connectivity index (χ1n) is 24.3. The molecule has 326 valence electrons. The van der Waals surface area contributed by atoms with E-state index in [0.29, 0.717) is 19.3 Å². The second-order valence-electron chi connectivity index (χ2n) is 17.5. The fraction of sp³-hybridized carbons (Fsp3) is 0.939. The lowest BCUT2D eigenvalue weighted by Gasteiger charge is -2.18. The SMILES string of the molecule is CCCCCCCCCCCCCCC(=O)OC[C@H](COC(=O)CCCCCCCCCCC(C)C)OC(=O)CCCCCCCCCCCCC(C)CC. The summed E-state index contributed by atoms with van der Waals surface area (Å²) >= 11 is 0. The van der Waals surface area contributed by atoms with Crippen molar-refractivity contribution in [2.75, 3.05) is 13.2 Å². The van der Waals surface area contributed by atoms with E-state index < -0.39 is 6.10 Å². The predicted molar refractivity (Wildman–Crippen MR) is 233 cm³/mol. The lowest BCUT2D eigenvalue weighted by molar-refractivity contribution is -0.167. The zero-order valence-electron chi connectivity index (χ0n) is 37.6. The quantitative estimate of drug-likeness (QED) is 0.0348. The fourth-order valence-electron chi connectivity index (χ4n) is 7.25. The van der Waals surface area contributed by atoms with E-state index in [-0.39, 0.29) is 31.1 Å². The lowest BCUT2D eigenvalue weighted by atomic mass is 9.99. The zero-order chi connectivity index (χ0) is 40.5. The van der Waals surface area contributed by atoms with Gasteiger partial charge in [-0.1, -0.05) is 227 Å². The number of hydrogen-bond donors (Lipinski definition) is 0. The molecule has 0 saturated heterocycles. The Kier molecular flexibility index (Phi) is 40.8. The van der Waals surface area contributed by atoms with Crippen LogP contribution in [0.5, 0.6) is 0 Å². The van der Waals surface area contributed by atoms with E-state index in [4.69, 9.17) is 14.2 Å². The van der Waals surface area contributed by atoms with Gasteiger partial charge in [0.25, 0.3) is 0 Å². The molecule has 0 aliphatic rings. The van der Waals surface area contributed by atoms with E-state index in [9.17, 15) is 14.4 Å². The highest BCUT2D eigenvalue weighted by atomic mass is 16.6. The second-order valence-corrected chi connectivity index (χ2v) is 17.5. The highest BCUT2D eigenvalue weighted by Crippen LogP contribution is 2.17. The largest absolute Gasteiger partial charge is 0.462 e. The van der Waals surface area contributed by atoms with Gasteiger partial charge < -0.3 is 14.2 Å². The molecule has 0 heterocycles. The molecule has 0 saturated carbocycles. The van der Waals surface area contributed by atoms with Crippen LogP contribution < -0.4 is 0 Å².